The van der Waals surface area contributed by atoms with E-state index in [0.29, 0.717) is 17.4 Å². The Balaban J connectivity index is 1.06. The number of unbranched alkanes of at least 4 members (excludes halogenated alkanes) is 3. The third kappa shape index (κ3) is 7.38. The van der Waals surface area contributed by atoms with Crippen molar-refractivity contribution in [1.82, 2.24) is 9.88 Å². The summed E-state index contributed by atoms with van der Waals surface area (Å²) in [4.78, 5) is 12.6. The van der Waals surface area contributed by atoms with Crippen molar-refractivity contribution in [2.24, 2.45) is 53.4 Å². The van der Waals surface area contributed by atoms with E-state index >= 15 is 0 Å². The van der Waals surface area contributed by atoms with Gasteiger partial charge in [0.05, 0.1) is 13.6 Å². The molecule has 242 valence electrons. The van der Waals surface area contributed by atoms with E-state index in [2.05, 4.69) is 80.9 Å². The number of carbonyl (C=O) groups excluding carboxylic acids is 1. The summed E-state index contributed by atoms with van der Waals surface area (Å²) in [5.41, 5.74) is 2.45. The normalized spacial score (nSPS) is 34.2. The summed E-state index contributed by atoms with van der Waals surface area (Å²) in [6.07, 6.45) is 27.6. The maximum absolute atomic E-state index is 12.6. The van der Waals surface area contributed by atoms with Gasteiger partial charge >= 0.3 is 6.09 Å². The number of fused-ring (bicyclic) bond motifs is 5. The van der Waals surface area contributed by atoms with Crippen LogP contribution in [0.5, 0.6) is 0 Å². The predicted molar refractivity (Wildman–Crippen MR) is 175 cm³/mol. The quantitative estimate of drug-likeness (QED) is 0.141. The summed E-state index contributed by atoms with van der Waals surface area (Å²) >= 11 is 0. The van der Waals surface area contributed by atoms with Gasteiger partial charge in [-0.25, -0.2) is 13.9 Å². The number of hydrogen-bond donors (Lipinski definition) is 1. The van der Waals surface area contributed by atoms with Gasteiger partial charge in [-0.2, -0.15) is 0 Å². The molecule has 5 nitrogen and oxygen atoms in total. The van der Waals surface area contributed by atoms with E-state index in [1.165, 1.54) is 70.6 Å². The molecule has 1 heterocycles. The van der Waals surface area contributed by atoms with Crippen LogP contribution in [0.25, 0.3) is 0 Å². The SMILES string of the molecule is CC(C)CCC[C@@H](C)[C@H]1CC[C@H]2[C@@H]3CC=C4C[C@@H](OC(=O)NCCCCCCn5cc[n+](C)c5)CC[C@]4(C)[C@H]3CC[C@]12C. The summed E-state index contributed by atoms with van der Waals surface area (Å²) in [6, 6.07) is 0. The molecule has 43 heavy (non-hydrogen) atoms. The van der Waals surface area contributed by atoms with Gasteiger partial charge in [-0.15, -0.1) is 0 Å². The minimum absolute atomic E-state index is 0.0372. The first kappa shape index (κ1) is 32.6. The van der Waals surface area contributed by atoms with Crippen molar-refractivity contribution in [2.45, 2.75) is 144 Å². The number of aromatic nitrogens is 2. The van der Waals surface area contributed by atoms with Crippen molar-refractivity contribution in [1.29, 1.82) is 0 Å². The highest BCUT2D eigenvalue weighted by Crippen LogP contribution is 2.67. The molecule has 0 saturated heterocycles. The highest BCUT2D eigenvalue weighted by atomic mass is 16.6. The number of rotatable bonds is 13. The Morgan fingerprint density at radius 1 is 1.02 bits per heavy atom. The molecule has 0 aliphatic heterocycles. The Morgan fingerprint density at radius 2 is 1.84 bits per heavy atom. The zero-order chi connectivity index (χ0) is 30.6. The van der Waals surface area contributed by atoms with E-state index in [1.807, 2.05) is 0 Å². The van der Waals surface area contributed by atoms with Crippen molar-refractivity contribution in [3.05, 3.63) is 30.4 Å². The Hall–Kier alpha value is -1.78. The smallest absolute Gasteiger partial charge is 0.407 e. The minimum atomic E-state index is -0.212. The molecule has 3 fully saturated rings. The molecular formula is C38H64N3O2+. The zero-order valence-corrected chi connectivity index (χ0v) is 28.6. The number of nitrogens with zero attached hydrogens (tertiary/aromatic N) is 2. The number of alkyl carbamates (subject to hydrolysis) is 1. The lowest BCUT2D eigenvalue weighted by molar-refractivity contribution is -0.671. The molecule has 0 unspecified atom stereocenters. The maximum atomic E-state index is 12.6. The molecule has 0 spiro atoms. The van der Waals surface area contributed by atoms with Crippen molar-refractivity contribution < 1.29 is 14.1 Å². The van der Waals surface area contributed by atoms with Crippen LogP contribution in [0, 0.1) is 46.3 Å². The molecular weight excluding hydrogens is 530 g/mol. The second-order valence-electron chi connectivity index (χ2n) is 16.2. The molecule has 8 atom stereocenters. The van der Waals surface area contributed by atoms with E-state index in [-0.39, 0.29) is 12.2 Å². The van der Waals surface area contributed by atoms with Crippen LogP contribution in [0.2, 0.25) is 0 Å². The maximum Gasteiger partial charge on any atom is 0.407 e. The van der Waals surface area contributed by atoms with Gasteiger partial charge in [0.2, 0.25) is 6.33 Å². The van der Waals surface area contributed by atoms with Gasteiger partial charge in [0.1, 0.15) is 18.5 Å². The van der Waals surface area contributed by atoms with Gasteiger partial charge in [0.25, 0.3) is 0 Å². The Labute approximate surface area is 263 Å². The average molecular weight is 595 g/mol. The van der Waals surface area contributed by atoms with Crippen molar-refractivity contribution >= 4 is 6.09 Å². The lowest BCUT2D eigenvalue weighted by Crippen LogP contribution is -2.51. The zero-order valence-electron chi connectivity index (χ0n) is 28.6. The largest absolute Gasteiger partial charge is 0.446 e. The monoisotopic (exact) mass is 594 g/mol. The van der Waals surface area contributed by atoms with E-state index in [1.54, 1.807) is 5.57 Å². The average Bonchev–Trinajstić information content (AvgIpc) is 3.54. The first-order chi connectivity index (χ1) is 20.6. The Kier molecular flexibility index (Phi) is 10.7. The van der Waals surface area contributed by atoms with Crippen LogP contribution in [0.15, 0.2) is 30.4 Å². The van der Waals surface area contributed by atoms with Crippen LogP contribution in [-0.2, 0) is 18.3 Å². The van der Waals surface area contributed by atoms with Gasteiger partial charge < -0.3 is 10.1 Å². The molecule has 0 aromatic carbocycles. The fraction of sp³-hybridized carbons (Fsp3) is 0.842. The fourth-order valence-corrected chi connectivity index (χ4v) is 10.5. The predicted octanol–water partition coefficient (Wildman–Crippen LogP) is 9.01. The van der Waals surface area contributed by atoms with Crippen LogP contribution in [0.1, 0.15) is 131 Å². The molecule has 4 aliphatic carbocycles. The van der Waals surface area contributed by atoms with Crippen molar-refractivity contribution in [2.75, 3.05) is 6.54 Å². The highest BCUT2D eigenvalue weighted by Gasteiger charge is 2.59. The fourth-order valence-electron chi connectivity index (χ4n) is 10.5. The van der Waals surface area contributed by atoms with Gasteiger partial charge in [-0.3, -0.25) is 0 Å². The van der Waals surface area contributed by atoms with Gasteiger partial charge in [0.15, 0.2) is 0 Å². The van der Waals surface area contributed by atoms with E-state index in [4.69, 9.17) is 4.74 Å². The number of hydrogen-bond acceptors (Lipinski definition) is 2. The third-order valence-corrected chi connectivity index (χ3v) is 13.0. The number of carbonyl (C=O) groups is 1. The molecule has 5 heteroatoms. The molecule has 3 saturated carbocycles. The lowest BCUT2D eigenvalue weighted by atomic mass is 9.47. The number of ether oxygens (including phenoxy) is 1. The van der Waals surface area contributed by atoms with Gasteiger partial charge in [-0.1, -0.05) is 72.0 Å². The first-order valence-corrected chi connectivity index (χ1v) is 18.2. The summed E-state index contributed by atoms with van der Waals surface area (Å²) in [5.74, 6) is 5.18. The third-order valence-electron chi connectivity index (χ3n) is 13.0. The standard InChI is InChI=1S/C38H63N3O2/c1-28(2)12-11-13-29(3)33-16-17-34-32-15-14-30-26-31(18-20-37(30,4)35(32)19-21-38(33,34)5)43-36(42)39-22-9-7-8-10-23-41-25-24-40(6)27-41/h14,24-25,27-29,31-35H,7-13,15-23,26H2,1-6H3/p+1/t29-,31+,32+,33-,34+,35+,37+,38-/m1/s1. The molecule has 0 radical (unpaired) electrons. The first-order valence-electron chi connectivity index (χ1n) is 18.2. The number of nitrogens with one attached hydrogen (secondary N) is 1. The molecule has 4 aliphatic rings. The second-order valence-corrected chi connectivity index (χ2v) is 16.2. The Bertz CT molecular complexity index is 1090. The van der Waals surface area contributed by atoms with E-state index in [9.17, 15) is 4.79 Å². The lowest BCUT2D eigenvalue weighted by Gasteiger charge is -2.58. The van der Waals surface area contributed by atoms with Crippen molar-refractivity contribution in [3.63, 3.8) is 0 Å². The topological polar surface area (TPSA) is 47.1 Å². The van der Waals surface area contributed by atoms with Crippen LogP contribution in [0.3, 0.4) is 0 Å². The van der Waals surface area contributed by atoms with Crippen LogP contribution < -0.4 is 9.88 Å². The molecule has 5 rings (SSSR count). The molecule has 1 N–H and O–H groups in total. The Morgan fingerprint density at radius 3 is 2.60 bits per heavy atom. The summed E-state index contributed by atoms with van der Waals surface area (Å²) in [6.45, 7) is 14.4. The van der Waals surface area contributed by atoms with Gasteiger partial charge in [-0.05, 0) is 111 Å². The molecule has 1 aromatic heterocycles. The number of aryl methyl sites for hydroxylation is 2. The minimum Gasteiger partial charge on any atom is -0.446 e. The van der Waals surface area contributed by atoms with E-state index < -0.39 is 0 Å². The summed E-state index contributed by atoms with van der Waals surface area (Å²) in [5, 5.41) is 3.04. The van der Waals surface area contributed by atoms with Crippen LogP contribution in [-0.4, -0.2) is 23.3 Å². The summed E-state index contributed by atoms with van der Waals surface area (Å²) < 4.78 is 10.3. The second kappa shape index (κ2) is 14.1. The molecule has 0 bridgehead atoms. The van der Waals surface area contributed by atoms with E-state index in [0.717, 1.165) is 67.7 Å². The highest BCUT2D eigenvalue weighted by molar-refractivity contribution is 5.67. The van der Waals surface area contributed by atoms with Crippen LogP contribution >= 0.6 is 0 Å². The van der Waals surface area contributed by atoms with Crippen molar-refractivity contribution in [3.8, 4) is 0 Å². The molecule has 1 aromatic rings. The molecule has 1 amide bonds. The number of amides is 1. The number of imidazole rings is 1. The summed E-state index contributed by atoms with van der Waals surface area (Å²) in [7, 11) is 2.06. The van der Waals surface area contributed by atoms with Gasteiger partial charge in [0, 0.05) is 13.0 Å². The van der Waals surface area contributed by atoms with Crippen LogP contribution in [0.4, 0.5) is 4.79 Å². The number of allylic oxidation sites excluding steroid dienone is 1.